The van der Waals surface area contributed by atoms with Crippen LogP contribution in [0, 0.1) is 5.82 Å². The quantitative estimate of drug-likeness (QED) is 0.395. The third kappa shape index (κ3) is 5.31. The Bertz CT molecular complexity index is 1160. The molecule has 0 aliphatic carbocycles. The number of hydrogen-bond donors (Lipinski definition) is 1. The molecule has 3 aromatic carbocycles. The van der Waals surface area contributed by atoms with E-state index in [1.165, 1.54) is 23.9 Å². The molecule has 0 saturated carbocycles. The number of thioether (sulfide) groups is 1. The fourth-order valence-electron chi connectivity index (χ4n) is 2.94. The van der Waals surface area contributed by atoms with Gasteiger partial charge in [0.2, 0.25) is 5.91 Å². The number of para-hydroxylation sites is 1. The first-order chi connectivity index (χ1) is 15.1. The maximum absolute atomic E-state index is 13.4. The minimum absolute atomic E-state index is 0.120. The second-order valence-corrected chi connectivity index (χ2v) is 8.05. The highest BCUT2D eigenvalue weighted by Crippen LogP contribution is 2.28. The molecule has 0 bridgehead atoms. The van der Waals surface area contributed by atoms with Crippen molar-refractivity contribution >= 4 is 29.3 Å². The molecular weight excluding hydrogens is 435 g/mol. The van der Waals surface area contributed by atoms with Crippen molar-refractivity contribution in [2.75, 3.05) is 5.75 Å². The molecule has 1 amide bonds. The van der Waals surface area contributed by atoms with Gasteiger partial charge in [-0.05, 0) is 54.1 Å². The van der Waals surface area contributed by atoms with Gasteiger partial charge in [0.1, 0.15) is 5.82 Å². The SMILES string of the molecule is O=C(CSc1nnc(-c2ccc(F)cc2)n1-c1ccccc1)NCc1ccc(Cl)cc1. The molecule has 1 aromatic heterocycles. The summed E-state index contributed by atoms with van der Waals surface area (Å²) in [4.78, 5) is 12.4. The summed E-state index contributed by atoms with van der Waals surface area (Å²) < 4.78 is 15.2. The summed E-state index contributed by atoms with van der Waals surface area (Å²) in [5.74, 6) is 0.324. The van der Waals surface area contributed by atoms with E-state index in [1.54, 1.807) is 24.3 Å². The van der Waals surface area contributed by atoms with Gasteiger partial charge in [0, 0.05) is 22.8 Å². The van der Waals surface area contributed by atoms with Crippen LogP contribution in [0.1, 0.15) is 5.56 Å². The highest BCUT2D eigenvalue weighted by molar-refractivity contribution is 7.99. The maximum atomic E-state index is 13.4. The molecule has 0 fully saturated rings. The van der Waals surface area contributed by atoms with Gasteiger partial charge in [-0.2, -0.15) is 0 Å². The fraction of sp³-hybridized carbons (Fsp3) is 0.0870. The van der Waals surface area contributed by atoms with Crippen molar-refractivity contribution in [3.8, 4) is 17.1 Å². The molecule has 0 aliphatic rings. The van der Waals surface area contributed by atoms with E-state index in [4.69, 9.17) is 11.6 Å². The van der Waals surface area contributed by atoms with Gasteiger partial charge in [0.05, 0.1) is 5.75 Å². The zero-order chi connectivity index (χ0) is 21.6. The summed E-state index contributed by atoms with van der Waals surface area (Å²) in [5, 5.41) is 12.7. The van der Waals surface area contributed by atoms with Crippen LogP contribution in [-0.2, 0) is 11.3 Å². The van der Waals surface area contributed by atoms with Crippen LogP contribution in [0.25, 0.3) is 17.1 Å². The number of carbonyl (C=O) groups is 1. The van der Waals surface area contributed by atoms with E-state index in [2.05, 4.69) is 15.5 Å². The first-order valence-corrected chi connectivity index (χ1v) is 10.9. The van der Waals surface area contributed by atoms with E-state index in [1.807, 2.05) is 47.0 Å². The summed E-state index contributed by atoms with van der Waals surface area (Å²) in [6.45, 7) is 0.419. The number of amides is 1. The molecule has 8 heteroatoms. The molecule has 1 N–H and O–H groups in total. The standard InChI is InChI=1S/C23H18ClFN4OS/c24-18-10-6-16(7-11-18)14-26-21(30)15-31-23-28-27-22(17-8-12-19(25)13-9-17)29(23)20-4-2-1-3-5-20/h1-13H,14-15H2,(H,26,30). The van der Waals surface area contributed by atoms with Crippen molar-refractivity contribution in [2.45, 2.75) is 11.7 Å². The number of rotatable bonds is 7. The number of nitrogens with zero attached hydrogens (tertiary/aromatic N) is 3. The van der Waals surface area contributed by atoms with E-state index in [-0.39, 0.29) is 17.5 Å². The third-order valence-corrected chi connectivity index (χ3v) is 5.67. The van der Waals surface area contributed by atoms with Crippen LogP contribution in [0.2, 0.25) is 5.02 Å². The van der Waals surface area contributed by atoms with Crippen LogP contribution in [-0.4, -0.2) is 26.4 Å². The molecule has 0 unspecified atom stereocenters. The van der Waals surface area contributed by atoms with Crippen molar-refractivity contribution in [3.05, 3.63) is 95.3 Å². The molecule has 0 aliphatic heterocycles. The van der Waals surface area contributed by atoms with Crippen molar-refractivity contribution in [1.29, 1.82) is 0 Å². The van der Waals surface area contributed by atoms with Crippen molar-refractivity contribution < 1.29 is 9.18 Å². The van der Waals surface area contributed by atoms with E-state index in [0.29, 0.717) is 22.5 Å². The number of hydrogen-bond acceptors (Lipinski definition) is 4. The van der Waals surface area contributed by atoms with Gasteiger partial charge in [0.15, 0.2) is 11.0 Å². The van der Waals surface area contributed by atoms with Crippen LogP contribution in [0.4, 0.5) is 4.39 Å². The smallest absolute Gasteiger partial charge is 0.230 e. The van der Waals surface area contributed by atoms with E-state index in [9.17, 15) is 9.18 Å². The predicted octanol–water partition coefficient (Wildman–Crippen LogP) is 5.14. The highest BCUT2D eigenvalue weighted by Gasteiger charge is 2.17. The van der Waals surface area contributed by atoms with Gasteiger partial charge in [0.25, 0.3) is 0 Å². The van der Waals surface area contributed by atoms with Crippen LogP contribution in [0.3, 0.4) is 0 Å². The van der Waals surface area contributed by atoms with Crippen LogP contribution in [0.5, 0.6) is 0 Å². The lowest BCUT2D eigenvalue weighted by Crippen LogP contribution is -2.24. The molecule has 0 spiro atoms. The van der Waals surface area contributed by atoms with Gasteiger partial charge < -0.3 is 5.32 Å². The largest absolute Gasteiger partial charge is 0.351 e. The normalized spacial score (nSPS) is 10.8. The lowest BCUT2D eigenvalue weighted by atomic mass is 10.2. The third-order valence-electron chi connectivity index (χ3n) is 4.49. The number of aromatic nitrogens is 3. The van der Waals surface area contributed by atoms with Crippen LogP contribution >= 0.6 is 23.4 Å². The Morgan fingerprint density at radius 1 is 0.968 bits per heavy atom. The van der Waals surface area contributed by atoms with E-state index in [0.717, 1.165) is 16.8 Å². The summed E-state index contributed by atoms with van der Waals surface area (Å²) >= 11 is 7.18. The highest BCUT2D eigenvalue weighted by atomic mass is 35.5. The van der Waals surface area contributed by atoms with Gasteiger partial charge >= 0.3 is 0 Å². The maximum Gasteiger partial charge on any atom is 0.230 e. The minimum atomic E-state index is -0.318. The molecule has 0 atom stereocenters. The van der Waals surface area contributed by atoms with Crippen molar-refractivity contribution in [1.82, 2.24) is 20.1 Å². The molecule has 5 nitrogen and oxygen atoms in total. The Morgan fingerprint density at radius 3 is 2.39 bits per heavy atom. The van der Waals surface area contributed by atoms with Crippen LogP contribution in [0.15, 0.2) is 84.0 Å². The lowest BCUT2D eigenvalue weighted by molar-refractivity contribution is -0.118. The summed E-state index contributed by atoms with van der Waals surface area (Å²) in [6.07, 6.45) is 0. The number of carbonyl (C=O) groups excluding carboxylic acids is 1. The molecule has 0 radical (unpaired) electrons. The zero-order valence-corrected chi connectivity index (χ0v) is 17.9. The van der Waals surface area contributed by atoms with E-state index < -0.39 is 0 Å². The molecule has 4 rings (SSSR count). The average Bonchev–Trinajstić information content (AvgIpc) is 3.22. The van der Waals surface area contributed by atoms with Gasteiger partial charge in [-0.3, -0.25) is 9.36 Å². The first kappa shape index (κ1) is 21.1. The Kier molecular flexibility index (Phi) is 6.64. The molecule has 1 heterocycles. The van der Waals surface area contributed by atoms with E-state index >= 15 is 0 Å². The van der Waals surface area contributed by atoms with Gasteiger partial charge in [-0.25, -0.2) is 4.39 Å². The topological polar surface area (TPSA) is 59.8 Å². The Labute approximate surface area is 188 Å². The number of halogens is 2. The lowest BCUT2D eigenvalue weighted by Gasteiger charge is -2.10. The molecule has 4 aromatic rings. The Hall–Kier alpha value is -3.16. The van der Waals surface area contributed by atoms with Crippen molar-refractivity contribution in [2.24, 2.45) is 0 Å². The fourth-order valence-corrected chi connectivity index (χ4v) is 3.85. The predicted molar refractivity (Wildman–Crippen MR) is 121 cm³/mol. The number of nitrogens with one attached hydrogen (secondary N) is 1. The van der Waals surface area contributed by atoms with Crippen molar-refractivity contribution in [3.63, 3.8) is 0 Å². The monoisotopic (exact) mass is 452 g/mol. The summed E-state index contributed by atoms with van der Waals surface area (Å²) in [5.41, 5.74) is 2.56. The molecule has 156 valence electrons. The molecule has 0 saturated heterocycles. The second-order valence-electron chi connectivity index (χ2n) is 6.68. The first-order valence-electron chi connectivity index (χ1n) is 9.51. The minimum Gasteiger partial charge on any atom is -0.351 e. The molecule has 31 heavy (non-hydrogen) atoms. The summed E-state index contributed by atoms with van der Waals surface area (Å²) in [7, 11) is 0. The zero-order valence-electron chi connectivity index (χ0n) is 16.3. The Morgan fingerprint density at radius 2 is 1.68 bits per heavy atom. The van der Waals surface area contributed by atoms with Gasteiger partial charge in [-0.15, -0.1) is 10.2 Å². The average molecular weight is 453 g/mol. The molecular formula is C23H18ClFN4OS. The van der Waals surface area contributed by atoms with Gasteiger partial charge in [-0.1, -0.05) is 53.7 Å². The summed E-state index contributed by atoms with van der Waals surface area (Å²) in [6, 6.07) is 23.0. The number of benzene rings is 3. The Balaban J connectivity index is 1.50. The second kappa shape index (κ2) is 9.76. The van der Waals surface area contributed by atoms with Crippen LogP contribution < -0.4 is 5.32 Å².